The molecule has 0 amide bonds. The van der Waals surface area contributed by atoms with E-state index in [0.717, 1.165) is 5.92 Å². The zero-order valence-corrected chi connectivity index (χ0v) is 12.2. The van der Waals surface area contributed by atoms with E-state index in [-0.39, 0.29) is 0 Å². The third kappa shape index (κ3) is 4.79. The van der Waals surface area contributed by atoms with Crippen LogP contribution in [0.2, 0.25) is 0 Å². The highest BCUT2D eigenvalue weighted by Gasteiger charge is 2.04. The Morgan fingerprint density at radius 2 is 1.11 bits per heavy atom. The van der Waals surface area contributed by atoms with Crippen molar-refractivity contribution in [3.63, 3.8) is 0 Å². The minimum Gasteiger partial charge on any atom is -0.126 e. The fourth-order valence-electron chi connectivity index (χ4n) is 1.56. The summed E-state index contributed by atoms with van der Waals surface area (Å²) in [6.07, 6.45) is 0. The van der Waals surface area contributed by atoms with E-state index in [0.29, 0.717) is 0 Å². The van der Waals surface area contributed by atoms with Gasteiger partial charge < -0.3 is 0 Å². The number of thioether (sulfide) groups is 2. The number of rotatable bonds is 6. The molecule has 0 saturated heterocycles. The lowest BCUT2D eigenvalue weighted by Gasteiger charge is -2.10. The summed E-state index contributed by atoms with van der Waals surface area (Å²) in [7, 11) is 0. The summed E-state index contributed by atoms with van der Waals surface area (Å²) >= 11 is 3.90. The Hall–Kier alpha value is -0.860. The first-order valence-electron chi connectivity index (χ1n) is 6.20. The lowest BCUT2D eigenvalue weighted by Crippen LogP contribution is -2.01. The van der Waals surface area contributed by atoms with Crippen LogP contribution >= 0.6 is 23.5 Å². The van der Waals surface area contributed by atoms with Crippen molar-refractivity contribution in [2.24, 2.45) is 5.92 Å². The molecule has 18 heavy (non-hydrogen) atoms. The van der Waals surface area contributed by atoms with Crippen LogP contribution < -0.4 is 0 Å². The van der Waals surface area contributed by atoms with Gasteiger partial charge in [0.1, 0.15) is 0 Å². The van der Waals surface area contributed by atoms with Gasteiger partial charge in [-0.3, -0.25) is 0 Å². The van der Waals surface area contributed by atoms with Crippen LogP contribution in [0, 0.1) is 5.92 Å². The van der Waals surface area contributed by atoms with Gasteiger partial charge in [-0.05, 0) is 30.2 Å². The second kappa shape index (κ2) is 7.55. The molecular formula is C16H18S2. The zero-order chi connectivity index (χ0) is 12.6. The molecule has 0 atom stereocenters. The third-order valence-electron chi connectivity index (χ3n) is 2.56. The lowest BCUT2D eigenvalue weighted by molar-refractivity contribution is 0.764. The van der Waals surface area contributed by atoms with E-state index >= 15 is 0 Å². The zero-order valence-electron chi connectivity index (χ0n) is 10.6. The second-order valence-electron chi connectivity index (χ2n) is 4.35. The molecule has 0 aromatic heterocycles. The van der Waals surface area contributed by atoms with Crippen LogP contribution in [0.1, 0.15) is 6.92 Å². The molecule has 0 spiro atoms. The van der Waals surface area contributed by atoms with Crippen molar-refractivity contribution < 1.29 is 0 Å². The van der Waals surface area contributed by atoms with Gasteiger partial charge in [0.2, 0.25) is 0 Å². The fraction of sp³-hybridized carbons (Fsp3) is 0.250. The topological polar surface area (TPSA) is 0 Å². The van der Waals surface area contributed by atoms with Crippen molar-refractivity contribution in [1.82, 2.24) is 0 Å². The van der Waals surface area contributed by atoms with E-state index in [4.69, 9.17) is 0 Å². The summed E-state index contributed by atoms with van der Waals surface area (Å²) in [5.41, 5.74) is 0. The van der Waals surface area contributed by atoms with E-state index in [1.807, 2.05) is 23.5 Å². The van der Waals surface area contributed by atoms with Crippen molar-refractivity contribution in [1.29, 1.82) is 0 Å². The molecule has 0 aliphatic rings. The summed E-state index contributed by atoms with van der Waals surface area (Å²) < 4.78 is 0. The maximum Gasteiger partial charge on any atom is 0.00720 e. The van der Waals surface area contributed by atoms with Crippen LogP contribution in [0.5, 0.6) is 0 Å². The van der Waals surface area contributed by atoms with Crippen LogP contribution in [-0.4, -0.2) is 11.5 Å². The Kier molecular flexibility index (Phi) is 5.69. The van der Waals surface area contributed by atoms with Gasteiger partial charge in [-0.25, -0.2) is 0 Å². The molecule has 0 radical (unpaired) electrons. The van der Waals surface area contributed by atoms with Gasteiger partial charge in [-0.15, -0.1) is 23.5 Å². The number of benzene rings is 2. The normalized spacial score (nSPS) is 10.8. The molecule has 0 fully saturated rings. The molecule has 2 rings (SSSR count). The molecule has 0 aliphatic carbocycles. The SMILES string of the molecule is CC(CSc1ccccc1)CSc1ccccc1. The van der Waals surface area contributed by atoms with Crippen LogP contribution in [-0.2, 0) is 0 Å². The van der Waals surface area contributed by atoms with Gasteiger partial charge in [0.15, 0.2) is 0 Å². The lowest BCUT2D eigenvalue weighted by atomic mass is 10.3. The van der Waals surface area contributed by atoms with Gasteiger partial charge in [0.25, 0.3) is 0 Å². The number of hydrogen-bond donors (Lipinski definition) is 0. The first kappa shape index (κ1) is 13.6. The summed E-state index contributed by atoms with van der Waals surface area (Å²) in [6.45, 7) is 2.33. The molecule has 2 heteroatoms. The third-order valence-corrected chi connectivity index (χ3v) is 5.24. The molecule has 0 saturated carbocycles. The first-order valence-corrected chi connectivity index (χ1v) is 8.17. The van der Waals surface area contributed by atoms with Gasteiger partial charge in [-0.2, -0.15) is 0 Å². The minimum absolute atomic E-state index is 0.723. The summed E-state index contributed by atoms with van der Waals surface area (Å²) in [5, 5.41) is 0. The van der Waals surface area contributed by atoms with Gasteiger partial charge in [0.05, 0.1) is 0 Å². The average molecular weight is 274 g/mol. The summed E-state index contributed by atoms with van der Waals surface area (Å²) in [4.78, 5) is 2.74. The Morgan fingerprint density at radius 1 is 0.722 bits per heavy atom. The van der Waals surface area contributed by atoms with Gasteiger partial charge in [0, 0.05) is 21.3 Å². The molecule has 94 valence electrons. The van der Waals surface area contributed by atoms with Gasteiger partial charge in [-0.1, -0.05) is 43.3 Å². The van der Waals surface area contributed by atoms with Crippen molar-refractivity contribution in [2.75, 3.05) is 11.5 Å². The molecule has 0 unspecified atom stereocenters. The molecule has 2 aromatic carbocycles. The molecule has 0 nitrogen and oxygen atoms in total. The molecule has 0 heterocycles. The van der Waals surface area contributed by atoms with Crippen LogP contribution in [0.3, 0.4) is 0 Å². The predicted molar refractivity (Wildman–Crippen MR) is 83.5 cm³/mol. The van der Waals surface area contributed by atoms with Gasteiger partial charge >= 0.3 is 0 Å². The van der Waals surface area contributed by atoms with Crippen molar-refractivity contribution >= 4 is 23.5 Å². The molecule has 2 aromatic rings. The molecular weight excluding hydrogens is 256 g/mol. The van der Waals surface area contributed by atoms with E-state index in [9.17, 15) is 0 Å². The standard InChI is InChI=1S/C16H18S2/c1-14(12-17-15-8-4-2-5-9-15)13-18-16-10-6-3-7-11-16/h2-11,14H,12-13H2,1H3. The van der Waals surface area contributed by atoms with E-state index < -0.39 is 0 Å². The van der Waals surface area contributed by atoms with E-state index in [1.54, 1.807) is 0 Å². The van der Waals surface area contributed by atoms with Crippen molar-refractivity contribution in [2.45, 2.75) is 16.7 Å². The van der Waals surface area contributed by atoms with Crippen LogP contribution in [0.4, 0.5) is 0 Å². The Balaban J connectivity index is 1.71. The second-order valence-corrected chi connectivity index (χ2v) is 6.54. The highest BCUT2D eigenvalue weighted by atomic mass is 32.2. The molecule has 0 aliphatic heterocycles. The summed E-state index contributed by atoms with van der Waals surface area (Å²) in [6, 6.07) is 21.3. The Morgan fingerprint density at radius 3 is 1.50 bits per heavy atom. The maximum atomic E-state index is 2.33. The van der Waals surface area contributed by atoms with Crippen LogP contribution in [0.25, 0.3) is 0 Å². The summed E-state index contributed by atoms with van der Waals surface area (Å²) in [5.74, 6) is 3.09. The minimum atomic E-state index is 0.723. The average Bonchev–Trinajstić information content (AvgIpc) is 2.45. The quantitative estimate of drug-likeness (QED) is 0.663. The van der Waals surface area contributed by atoms with E-state index in [1.165, 1.54) is 21.3 Å². The van der Waals surface area contributed by atoms with Crippen molar-refractivity contribution in [3.05, 3.63) is 60.7 Å². The van der Waals surface area contributed by atoms with Crippen LogP contribution in [0.15, 0.2) is 70.5 Å². The molecule has 0 N–H and O–H groups in total. The van der Waals surface area contributed by atoms with Crippen molar-refractivity contribution in [3.8, 4) is 0 Å². The smallest absolute Gasteiger partial charge is 0.00720 e. The maximum absolute atomic E-state index is 2.33. The monoisotopic (exact) mass is 274 g/mol. The largest absolute Gasteiger partial charge is 0.126 e. The van der Waals surface area contributed by atoms with E-state index in [2.05, 4.69) is 67.6 Å². The fourth-order valence-corrected chi connectivity index (χ4v) is 3.60. The molecule has 0 bridgehead atoms. The first-order chi connectivity index (χ1) is 8.84. The Labute approximate surface area is 118 Å². The highest BCUT2D eigenvalue weighted by Crippen LogP contribution is 2.25. The highest BCUT2D eigenvalue weighted by molar-refractivity contribution is 8.00. The Bertz CT molecular complexity index is 396. The predicted octanol–water partition coefficient (Wildman–Crippen LogP) is 5.21. The number of hydrogen-bond acceptors (Lipinski definition) is 2.